The first-order chi connectivity index (χ1) is 12.4. The predicted molar refractivity (Wildman–Crippen MR) is 109 cm³/mol. The average Bonchev–Trinajstić information content (AvgIpc) is 3.25. The van der Waals surface area contributed by atoms with E-state index >= 15 is 0 Å². The zero-order valence-corrected chi connectivity index (χ0v) is 16.5. The highest BCUT2D eigenvalue weighted by molar-refractivity contribution is 7.86. The minimum atomic E-state index is -0.790. The van der Waals surface area contributed by atoms with E-state index in [-0.39, 0.29) is 4.75 Å². The smallest absolute Gasteiger partial charge is 0.250 e. The SMILES string of the molecule is CC1(C)CC(c2c[nH]c3c(C(N)=O)cc(-c4ccsc4)cc23)CCS1=O. The monoisotopic (exact) mass is 386 g/mol. The Bertz CT molecular complexity index is 1000. The van der Waals surface area contributed by atoms with Crippen LogP contribution in [0.3, 0.4) is 0 Å². The van der Waals surface area contributed by atoms with Crippen LogP contribution in [0.4, 0.5) is 0 Å². The molecule has 26 heavy (non-hydrogen) atoms. The maximum Gasteiger partial charge on any atom is 0.250 e. The molecule has 3 N–H and O–H groups in total. The summed E-state index contributed by atoms with van der Waals surface area (Å²) < 4.78 is 12.1. The Kier molecular flexibility index (Phi) is 4.28. The molecule has 6 heteroatoms. The Labute approximate surface area is 159 Å². The van der Waals surface area contributed by atoms with Crippen molar-refractivity contribution in [1.29, 1.82) is 0 Å². The molecule has 1 fully saturated rings. The van der Waals surface area contributed by atoms with Crippen LogP contribution in [0.2, 0.25) is 0 Å². The highest BCUT2D eigenvalue weighted by Crippen LogP contribution is 2.41. The van der Waals surface area contributed by atoms with Gasteiger partial charge in [0.2, 0.25) is 0 Å². The number of aromatic amines is 1. The van der Waals surface area contributed by atoms with Crippen molar-refractivity contribution >= 4 is 38.9 Å². The van der Waals surface area contributed by atoms with Gasteiger partial charge in [0.25, 0.3) is 5.91 Å². The summed E-state index contributed by atoms with van der Waals surface area (Å²) >= 11 is 1.63. The Morgan fingerprint density at radius 2 is 2.15 bits per heavy atom. The maximum absolute atomic E-state index is 12.3. The molecular formula is C20H22N2O2S2. The van der Waals surface area contributed by atoms with E-state index in [2.05, 4.69) is 36.3 Å². The van der Waals surface area contributed by atoms with Crippen LogP contribution < -0.4 is 5.73 Å². The summed E-state index contributed by atoms with van der Waals surface area (Å²) in [5.41, 5.74) is 10.3. The topological polar surface area (TPSA) is 76.0 Å². The molecule has 136 valence electrons. The van der Waals surface area contributed by atoms with Gasteiger partial charge in [-0.1, -0.05) is 0 Å². The van der Waals surface area contributed by atoms with Crippen LogP contribution in [0.5, 0.6) is 0 Å². The van der Waals surface area contributed by atoms with Crippen molar-refractivity contribution in [1.82, 2.24) is 4.98 Å². The summed E-state index contributed by atoms with van der Waals surface area (Å²) in [5.74, 6) is 0.623. The number of benzene rings is 1. The molecule has 3 aromatic rings. The lowest BCUT2D eigenvalue weighted by atomic mass is 9.86. The number of rotatable bonds is 3. The molecule has 4 rings (SSSR count). The van der Waals surface area contributed by atoms with E-state index in [1.807, 2.05) is 17.6 Å². The zero-order chi connectivity index (χ0) is 18.5. The third-order valence-corrected chi connectivity index (χ3v) is 8.08. The van der Waals surface area contributed by atoms with E-state index in [1.54, 1.807) is 11.3 Å². The minimum absolute atomic E-state index is 0.190. The van der Waals surface area contributed by atoms with Crippen molar-refractivity contribution in [3.63, 3.8) is 0 Å². The fourth-order valence-electron chi connectivity index (χ4n) is 3.96. The van der Waals surface area contributed by atoms with Crippen molar-refractivity contribution in [2.24, 2.45) is 5.73 Å². The van der Waals surface area contributed by atoms with Gasteiger partial charge in [-0.2, -0.15) is 11.3 Å². The summed E-state index contributed by atoms with van der Waals surface area (Å²) in [7, 11) is -0.790. The van der Waals surface area contributed by atoms with Gasteiger partial charge in [-0.3, -0.25) is 9.00 Å². The highest BCUT2D eigenvalue weighted by Gasteiger charge is 2.36. The van der Waals surface area contributed by atoms with Crippen LogP contribution in [0.15, 0.2) is 35.2 Å². The van der Waals surface area contributed by atoms with Gasteiger partial charge in [-0.25, -0.2) is 0 Å². The first-order valence-corrected chi connectivity index (χ1v) is 11.0. The Morgan fingerprint density at radius 3 is 2.81 bits per heavy atom. The molecule has 1 aliphatic heterocycles. The number of fused-ring (bicyclic) bond motifs is 1. The lowest BCUT2D eigenvalue weighted by Crippen LogP contribution is -2.35. The van der Waals surface area contributed by atoms with E-state index in [0.29, 0.717) is 11.5 Å². The second-order valence-electron chi connectivity index (χ2n) is 7.57. The quantitative estimate of drug-likeness (QED) is 0.700. The third kappa shape index (κ3) is 2.91. The normalized spacial score (nSPS) is 22.5. The number of nitrogens with two attached hydrogens (primary N) is 1. The number of primary amides is 1. The maximum atomic E-state index is 12.3. The van der Waals surface area contributed by atoms with Gasteiger partial charge >= 0.3 is 0 Å². The number of aromatic nitrogens is 1. The van der Waals surface area contributed by atoms with E-state index in [0.717, 1.165) is 40.6 Å². The van der Waals surface area contributed by atoms with Crippen LogP contribution in [0, 0.1) is 0 Å². The van der Waals surface area contributed by atoms with Gasteiger partial charge in [0.05, 0.1) is 11.1 Å². The van der Waals surface area contributed by atoms with Crippen LogP contribution in [-0.4, -0.2) is 25.6 Å². The van der Waals surface area contributed by atoms with Crippen molar-refractivity contribution in [3.8, 4) is 11.1 Å². The molecular weight excluding hydrogens is 364 g/mol. The van der Waals surface area contributed by atoms with Gasteiger partial charge in [0.15, 0.2) is 0 Å². The van der Waals surface area contributed by atoms with Crippen molar-refractivity contribution in [2.75, 3.05) is 5.75 Å². The summed E-state index contributed by atoms with van der Waals surface area (Å²) in [5, 5.41) is 5.15. The van der Waals surface area contributed by atoms with Gasteiger partial charge < -0.3 is 10.7 Å². The first-order valence-electron chi connectivity index (χ1n) is 8.73. The van der Waals surface area contributed by atoms with Crippen LogP contribution >= 0.6 is 11.3 Å². The van der Waals surface area contributed by atoms with E-state index < -0.39 is 16.7 Å². The Morgan fingerprint density at radius 1 is 1.35 bits per heavy atom. The first kappa shape index (κ1) is 17.5. The molecule has 3 heterocycles. The molecule has 0 saturated carbocycles. The number of amides is 1. The van der Waals surface area contributed by atoms with E-state index in [1.165, 1.54) is 5.56 Å². The summed E-state index contributed by atoms with van der Waals surface area (Å²) in [4.78, 5) is 15.3. The molecule has 1 aliphatic rings. The predicted octanol–water partition coefficient (Wildman–Crippen LogP) is 4.40. The second-order valence-corrected chi connectivity index (χ2v) is 10.6. The number of thiophene rings is 1. The lowest BCUT2D eigenvalue weighted by molar-refractivity contribution is 0.100. The number of hydrogen-bond donors (Lipinski definition) is 2. The average molecular weight is 387 g/mol. The summed E-state index contributed by atoms with van der Waals surface area (Å²) in [6, 6.07) is 6.07. The minimum Gasteiger partial charge on any atom is -0.366 e. The molecule has 1 amide bonds. The number of hydrogen-bond acceptors (Lipinski definition) is 3. The van der Waals surface area contributed by atoms with Crippen LogP contribution in [0.1, 0.15) is 48.5 Å². The second kappa shape index (κ2) is 6.35. The molecule has 0 radical (unpaired) electrons. The highest BCUT2D eigenvalue weighted by atomic mass is 32.2. The fourth-order valence-corrected chi connectivity index (χ4v) is 6.06. The molecule has 1 saturated heterocycles. The molecule has 2 aromatic heterocycles. The van der Waals surface area contributed by atoms with Gasteiger partial charge in [0, 0.05) is 32.9 Å². The molecule has 0 aliphatic carbocycles. The number of nitrogens with one attached hydrogen (secondary N) is 1. The number of carbonyl (C=O) groups excluding carboxylic acids is 1. The van der Waals surface area contributed by atoms with Gasteiger partial charge in [-0.15, -0.1) is 0 Å². The molecule has 4 nitrogen and oxygen atoms in total. The van der Waals surface area contributed by atoms with Crippen LogP contribution in [0.25, 0.3) is 22.0 Å². The lowest BCUT2D eigenvalue weighted by Gasteiger charge is -2.34. The Balaban J connectivity index is 1.87. The van der Waals surface area contributed by atoms with Crippen LogP contribution in [-0.2, 0) is 10.8 Å². The molecule has 2 unspecified atom stereocenters. The van der Waals surface area contributed by atoms with Gasteiger partial charge in [0.1, 0.15) is 0 Å². The zero-order valence-electron chi connectivity index (χ0n) is 14.9. The molecule has 2 atom stereocenters. The van der Waals surface area contributed by atoms with E-state index in [4.69, 9.17) is 5.73 Å². The molecule has 0 bridgehead atoms. The van der Waals surface area contributed by atoms with Crippen molar-refractivity contribution < 1.29 is 9.00 Å². The Hall–Kier alpha value is -1.92. The van der Waals surface area contributed by atoms with Gasteiger partial charge in [-0.05, 0) is 78.3 Å². The molecule has 1 aromatic carbocycles. The fraction of sp³-hybridized carbons (Fsp3) is 0.350. The summed E-state index contributed by atoms with van der Waals surface area (Å²) in [6.07, 6.45) is 3.78. The third-order valence-electron chi connectivity index (χ3n) is 5.39. The van der Waals surface area contributed by atoms with Crippen molar-refractivity contribution in [3.05, 3.63) is 46.3 Å². The van der Waals surface area contributed by atoms with E-state index in [9.17, 15) is 9.00 Å². The summed E-state index contributed by atoms with van der Waals surface area (Å²) in [6.45, 7) is 4.16. The largest absolute Gasteiger partial charge is 0.366 e. The number of H-pyrrole nitrogens is 1. The standard InChI is InChI=1S/C20H22N2O2S2/c1-20(2)9-12(4-6-26(20)24)17-10-22-18-15(17)7-14(8-16(18)19(21)23)13-3-5-25-11-13/h3,5,7-8,10-12,22H,4,6,9H2,1-2H3,(H2,21,23). The van der Waals surface area contributed by atoms with Crippen molar-refractivity contribution in [2.45, 2.75) is 37.4 Å². The number of carbonyl (C=O) groups is 1. The molecule has 0 spiro atoms.